The molecule has 170 valence electrons. The summed E-state index contributed by atoms with van der Waals surface area (Å²) >= 11 is 0. The molecule has 5 rings (SSSR count). The number of hydrogen-bond donors (Lipinski definition) is 1. The van der Waals surface area contributed by atoms with Crippen LogP contribution in [0.25, 0.3) is 0 Å². The smallest absolute Gasteiger partial charge is 0.280 e. The Morgan fingerprint density at radius 3 is 2.53 bits per heavy atom. The zero-order valence-electron chi connectivity index (χ0n) is 20.0. The van der Waals surface area contributed by atoms with E-state index in [0.29, 0.717) is 10.8 Å². The maximum absolute atomic E-state index is 11.3. The number of aromatic amines is 1. The summed E-state index contributed by atoms with van der Waals surface area (Å²) in [5.41, 5.74) is 1.12. The molecule has 7 atom stereocenters. The summed E-state index contributed by atoms with van der Waals surface area (Å²) in [6.07, 6.45) is 18.3. The van der Waals surface area contributed by atoms with Crippen molar-refractivity contribution in [2.24, 2.45) is 40.4 Å². The maximum atomic E-state index is 11.3. The first-order valence-corrected chi connectivity index (χ1v) is 13.2. The summed E-state index contributed by atoms with van der Waals surface area (Å²) in [4.78, 5) is 11.3. The van der Waals surface area contributed by atoms with Gasteiger partial charge in [-0.15, -0.1) is 0 Å². The van der Waals surface area contributed by atoms with Gasteiger partial charge in [0.25, 0.3) is 5.56 Å². The molecule has 0 bridgehead atoms. The van der Waals surface area contributed by atoms with Gasteiger partial charge in [-0.05, 0) is 105 Å². The summed E-state index contributed by atoms with van der Waals surface area (Å²) in [5.74, 6) is 5.72. The number of hydrogen-bond acceptors (Lipinski definition) is 2. The average Bonchev–Trinajstić information content (AvgIpc) is 3.32. The van der Waals surface area contributed by atoms with Crippen molar-refractivity contribution in [1.82, 2.24) is 5.16 Å². The molecule has 4 aliphatic rings. The van der Waals surface area contributed by atoms with E-state index in [1.54, 1.807) is 6.07 Å². The van der Waals surface area contributed by atoms with Gasteiger partial charge in [0.2, 0.25) is 0 Å². The van der Waals surface area contributed by atoms with Crippen LogP contribution in [-0.4, -0.2) is 5.16 Å². The topological polar surface area (TPSA) is 46.0 Å². The highest BCUT2D eigenvalue weighted by molar-refractivity contribution is 5.08. The monoisotopic (exact) mass is 415 g/mol. The first kappa shape index (κ1) is 22.2. The highest BCUT2D eigenvalue weighted by Crippen LogP contribution is 2.67. The van der Waals surface area contributed by atoms with Gasteiger partial charge < -0.3 is 4.52 Å². The summed E-state index contributed by atoms with van der Waals surface area (Å²) in [5, 5.41) is 2.43. The second-order valence-electron chi connectivity index (χ2n) is 11.3. The lowest BCUT2D eigenvalue weighted by atomic mass is 9.45. The fraction of sp³-hybridized carbons (Fsp3) is 0.889. The van der Waals surface area contributed by atoms with Gasteiger partial charge in [0.05, 0.1) is 0 Å². The molecule has 0 saturated heterocycles. The zero-order valence-corrected chi connectivity index (χ0v) is 20.0. The summed E-state index contributed by atoms with van der Waals surface area (Å²) in [6, 6.07) is 1.62. The Morgan fingerprint density at radius 2 is 1.77 bits per heavy atom. The fourth-order valence-corrected chi connectivity index (χ4v) is 8.85. The van der Waals surface area contributed by atoms with Gasteiger partial charge >= 0.3 is 0 Å². The Bertz CT molecular complexity index is 750. The molecule has 0 amide bonds. The lowest BCUT2D eigenvalue weighted by molar-refractivity contribution is -0.111. The molecule has 0 radical (unpaired) electrons. The van der Waals surface area contributed by atoms with Crippen LogP contribution in [0.3, 0.4) is 0 Å². The largest absolute Gasteiger partial charge is 0.384 e. The first-order chi connectivity index (χ1) is 14.5. The van der Waals surface area contributed by atoms with E-state index in [0.717, 1.165) is 48.2 Å². The number of rotatable bonds is 4. The SMILES string of the molecule is CC.CC12CCCCC1CCC1C2CCC2(C)C(CCCc3cc(=O)[nH]o3)CCC12. The van der Waals surface area contributed by atoms with Gasteiger partial charge in [-0.1, -0.05) is 40.5 Å². The molecule has 4 aliphatic carbocycles. The second kappa shape index (κ2) is 8.87. The highest BCUT2D eigenvalue weighted by atomic mass is 16.5. The average molecular weight is 416 g/mol. The van der Waals surface area contributed by atoms with E-state index < -0.39 is 0 Å². The van der Waals surface area contributed by atoms with Gasteiger partial charge in [0, 0.05) is 12.5 Å². The van der Waals surface area contributed by atoms with Crippen LogP contribution in [-0.2, 0) is 6.42 Å². The summed E-state index contributed by atoms with van der Waals surface area (Å²) in [7, 11) is 0. The fourth-order valence-electron chi connectivity index (χ4n) is 8.85. The zero-order chi connectivity index (χ0) is 21.4. The summed E-state index contributed by atoms with van der Waals surface area (Å²) in [6.45, 7) is 9.34. The molecule has 1 aromatic heterocycles. The van der Waals surface area contributed by atoms with E-state index in [4.69, 9.17) is 4.52 Å². The predicted octanol–water partition coefficient (Wildman–Crippen LogP) is 7.37. The van der Waals surface area contributed by atoms with Gasteiger partial charge in [0.1, 0.15) is 5.76 Å². The standard InChI is InChI=1S/C25H39NO2.C2H6/c1-24-14-4-3-6-17(24)9-11-20-21-12-10-18(25(21,2)15-13-22(20)24)7-5-8-19-16-23(27)26-28-19;1-2/h16-18,20-22H,3-15H2,1-2H3,(H,26,27);1-2H3. The molecule has 4 saturated carbocycles. The van der Waals surface area contributed by atoms with Crippen LogP contribution < -0.4 is 5.56 Å². The lowest BCUT2D eigenvalue weighted by Crippen LogP contribution is -2.52. The molecule has 3 nitrogen and oxygen atoms in total. The van der Waals surface area contributed by atoms with Crippen LogP contribution in [0, 0.1) is 40.4 Å². The third-order valence-electron chi connectivity index (χ3n) is 10.3. The third kappa shape index (κ3) is 3.73. The van der Waals surface area contributed by atoms with E-state index in [1.807, 2.05) is 13.8 Å². The highest BCUT2D eigenvalue weighted by Gasteiger charge is 2.59. The van der Waals surface area contributed by atoms with Crippen LogP contribution in [0.4, 0.5) is 0 Å². The van der Waals surface area contributed by atoms with Crippen LogP contribution in [0.2, 0.25) is 0 Å². The number of fused-ring (bicyclic) bond motifs is 5. The Labute approximate surface area is 183 Å². The maximum Gasteiger partial charge on any atom is 0.280 e. The third-order valence-corrected chi connectivity index (χ3v) is 10.3. The van der Waals surface area contributed by atoms with Crippen molar-refractivity contribution in [3.63, 3.8) is 0 Å². The van der Waals surface area contributed by atoms with Gasteiger partial charge in [-0.2, -0.15) is 5.16 Å². The molecule has 3 heteroatoms. The molecule has 1 heterocycles. The molecule has 30 heavy (non-hydrogen) atoms. The molecule has 1 N–H and O–H groups in total. The number of aromatic nitrogens is 1. The molecule has 1 aromatic rings. The van der Waals surface area contributed by atoms with E-state index in [1.165, 1.54) is 70.6 Å². The predicted molar refractivity (Wildman–Crippen MR) is 123 cm³/mol. The van der Waals surface area contributed by atoms with Crippen LogP contribution in [0.15, 0.2) is 15.4 Å². The van der Waals surface area contributed by atoms with Gasteiger partial charge in [-0.3, -0.25) is 4.79 Å². The molecular weight excluding hydrogens is 370 g/mol. The molecule has 0 spiro atoms. The Kier molecular flexibility index (Phi) is 6.56. The van der Waals surface area contributed by atoms with E-state index in [9.17, 15) is 4.79 Å². The van der Waals surface area contributed by atoms with Crippen molar-refractivity contribution in [3.05, 3.63) is 22.2 Å². The van der Waals surface area contributed by atoms with Crippen LogP contribution in [0.5, 0.6) is 0 Å². The summed E-state index contributed by atoms with van der Waals surface area (Å²) < 4.78 is 5.26. The Balaban J connectivity index is 0.00000106. The number of nitrogens with one attached hydrogen (secondary N) is 1. The lowest BCUT2D eigenvalue weighted by Gasteiger charge is -2.60. The Morgan fingerprint density at radius 1 is 0.967 bits per heavy atom. The molecular formula is C27H45NO2. The van der Waals surface area contributed by atoms with Crippen molar-refractivity contribution in [2.45, 2.75) is 111 Å². The van der Waals surface area contributed by atoms with E-state index in [-0.39, 0.29) is 5.56 Å². The molecule has 4 fully saturated rings. The Hall–Kier alpha value is -0.990. The normalized spacial score (nSPS) is 42.5. The van der Waals surface area contributed by atoms with Crippen molar-refractivity contribution in [3.8, 4) is 0 Å². The van der Waals surface area contributed by atoms with Crippen LogP contribution >= 0.6 is 0 Å². The van der Waals surface area contributed by atoms with Crippen LogP contribution in [0.1, 0.15) is 111 Å². The van der Waals surface area contributed by atoms with Crippen molar-refractivity contribution in [2.75, 3.05) is 0 Å². The first-order valence-electron chi connectivity index (χ1n) is 13.2. The van der Waals surface area contributed by atoms with Gasteiger partial charge in [-0.25, -0.2) is 0 Å². The minimum absolute atomic E-state index is 0.104. The minimum atomic E-state index is -0.104. The minimum Gasteiger partial charge on any atom is -0.384 e. The molecule has 7 unspecified atom stereocenters. The number of H-pyrrole nitrogens is 1. The second-order valence-corrected chi connectivity index (χ2v) is 11.3. The van der Waals surface area contributed by atoms with E-state index in [2.05, 4.69) is 19.0 Å². The number of aryl methyl sites for hydroxylation is 1. The van der Waals surface area contributed by atoms with Gasteiger partial charge in [0.15, 0.2) is 0 Å². The van der Waals surface area contributed by atoms with Crippen molar-refractivity contribution in [1.29, 1.82) is 0 Å². The van der Waals surface area contributed by atoms with E-state index >= 15 is 0 Å². The molecule has 0 aromatic carbocycles. The van der Waals surface area contributed by atoms with Crippen molar-refractivity contribution < 1.29 is 4.52 Å². The quantitative estimate of drug-likeness (QED) is 0.558. The van der Waals surface area contributed by atoms with Crippen molar-refractivity contribution >= 4 is 0 Å². The molecule has 0 aliphatic heterocycles.